The number of carbonyl (C=O) groups excluding carboxylic acids is 1. The van der Waals surface area contributed by atoms with E-state index in [0.717, 1.165) is 81.1 Å². The van der Waals surface area contributed by atoms with Gasteiger partial charge in [0.15, 0.2) is 11.5 Å². The van der Waals surface area contributed by atoms with Gasteiger partial charge in [0.2, 0.25) is 5.43 Å². The van der Waals surface area contributed by atoms with Crippen LogP contribution < -0.4 is 20.8 Å². The van der Waals surface area contributed by atoms with Crippen molar-refractivity contribution in [2.24, 2.45) is 0 Å². The van der Waals surface area contributed by atoms with Crippen molar-refractivity contribution < 1.29 is 19.0 Å². The Balaban J connectivity index is 1.21. The van der Waals surface area contributed by atoms with E-state index in [1.54, 1.807) is 6.20 Å². The van der Waals surface area contributed by atoms with E-state index < -0.39 is 0 Å². The predicted octanol–water partition coefficient (Wildman–Crippen LogP) is 3.45. The van der Waals surface area contributed by atoms with Gasteiger partial charge in [-0.3, -0.25) is 19.4 Å². The third kappa shape index (κ3) is 5.71. The summed E-state index contributed by atoms with van der Waals surface area (Å²) in [4.78, 5) is 31.8. The minimum Gasteiger partial charge on any atom is -0.451 e. The lowest BCUT2D eigenvalue weighted by atomic mass is 10.0. The van der Waals surface area contributed by atoms with Crippen LogP contribution in [0.1, 0.15) is 16.8 Å². The maximum absolute atomic E-state index is 13.8. The van der Waals surface area contributed by atoms with E-state index in [1.165, 1.54) is 0 Å². The Hall–Kier alpha value is -3.96. The highest BCUT2D eigenvalue weighted by Gasteiger charge is 2.27. The first kappa shape index (κ1) is 27.8. The van der Waals surface area contributed by atoms with E-state index >= 15 is 0 Å². The van der Waals surface area contributed by atoms with Crippen molar-refractivity contribution in [3.05, 3.63) is 70.5 Å². The van der Waals surface area contributed by atoms with Crippen LogP contribution in [0.2, 0.25) is 0 Å². The van der Waals surface area contributed by atoms with Gasteiger partial charge in [-0.1, -0.05) is 24.3 Å². The lowest BCUT2D eigenvalue weighted by Gasteiger charge is -2.28. The molecule has 4 heterocycles. The second-order valence-electron chi connectivity index (χ2n) is 11.3. The van der Waals surface area contributed by atoms with Gasteiger partial charge < -0.3 is 29.4 Å². The zero-order valence-electron chi connectivity index (χ0n) is 24.3. The Morgan fingerprint density at radius 2 is 1.53 bits per heavy atom. The van der Waals surface area contributed by atoms with Crippen molar-refractivity contribution in [2.45, 2.75) is 6.42 Å². The number of hydrogen-bond donors (Lipinski definition) is 2. The van der Waals surface area contributed by atoms with E-state index in [1.807, 2.05) is 34.9 Å². The summed E-state index contributed by atoms with van der Waals surface area (Å²) in [6, 6.07) is 15.9. The van der Waals surface area contributed by atoms with Gasteiger partial charge in [0.1, 0.15) is 11.1 Å². The standard InChI is InChI=1S/C33H37N5O5/c39-31-25-6-7-27(34-8-3-10-36-12-16-41-17-13-36)32-30(25)38(28-20-23-4-1-2-5-24(23)21-29(28)43-32)22-26(31)33(40)35-9-11-37-14-18-42-19-15-37/h1-2,4-7,20-22,34H,3,8-19H2,(H,35,40). The molecule has 2 saturated heterocycles. The minimum absolute atomic E-state index is 0.118. The largest absolute Gasteiger partial charge is 0.451 e. The molecule has 1 amide bonds. The van der Waals surface area contributed by atoms with Crippen LogP contribution in [-0.4, -0.2) is 99.1 Å². The summed E-state index contributed by atoms with van der Waals surface area (Å²) in [5, 5.41) is 9.08. The second kappa shape index (κ2) is 12.3. The molecule has 0 unspecified atom stereocenters. The van der Waals surface area contributed by atoms with Crippen molar-refractivity contribution in [1.82, 2.24) is 19.7 Å². The van der Waals surface area contributed by atoms with Crippen LogP contribution in [0, 0.1) is 0 Å². The number of hydrogen-bond acceptors (Lipinski definition) is 8. The number of ether oxygens (including phenoxy) is 3. The van der Waals surface area contributed by atoms with Gasteiger partial charge >= 0.3 is 0 Å². The summed E-state index contributed by atoms with van der Waals surface area (Å²) in [5.74, 6) is 0.907. The summed E-state index contributed by atoms with van der Waals surface area (Å²) in [7, 11) is 0. The topological polar surface area (TPSA) is 97.3 Å². The minimum atomic E-state index is -0.371. The number of nitrogens with one attached hydrogen (secondary N) is 2. The highest BCUT2D eigenvalue weighted by Crippen LogP contribution is 2.45. The summed E-state index contributed by atoms with van der Waals surface area (Å²) in [6.07, 6.45) is 2.64. The summed E-state index contributed by atoms with van der Waals surface area (Å²) in [6.45, 7) is 9.51. The first-order valence-corrected chi connectivity index (χ1v) is 15.2. The molecule has 3 aromatic carbocycles. The number of nitrogens with zero attached hydrogens (tertiary/aromatic N) is 3. The number of anilines is 1. The molecule has 0 spiro atoms. The third-order valence-corrected chi connectivity index (χ3v) is 8.55. The van der Waals surface area contributed by atoms with Crippen LogP contribution in [0.3, 0.4) is 0 Å². The monoisotopic (exact) mass is 583 g/mol. The number of fused-ring (bicyclic) bond motifs is 3. The lowest BCUT2D eigenvalue weighted by Crippen LogP contribution is -2.42. The highest BCUT2D eigenvalue weighted by molar-refractivity contribution is 6.01. The van der Waals surface area contributed by atoms with Crippen molar-refractivity contribution in [3.63, 3.8) is 0 Å². The normalized spacial score (nSPS) is 17.0. The predicted molar refractivity (Wildman–Crippen MR) is 167 cm³/mol. The van der Waals surface area contributed by atoms with Crippen LogP contribution in [0.5, 0.6) is 11.5 Å². The zero-order valence-corrected chi connectivity index (χ0v) is 24.3. The molecule has 2 N–H and O–H groups in total. The quantitative estimate of drug-likeness (QED) is 0.255. The molecule has 7 rings (SSSR count). The van der Waals surface area contributed by atoms with Crippen LogP contribution in [0.4, 0.5) is 5.69 Å². The molecule has 0 atom stereocenters. The number of morpholine rings is 2. The van der Waals surface area contributed by atoms with E-state index in [2.05, 4.69) is 38.6 Å². The fourth-order valence-corrected chi connectivity index (χ4v) is 6.17. The first-order chi connectivity index (χ1) is 21.2. The first-order valence-electron chi connectivity index (χ1n) is 15.2. The number of amides is 1. The number of aromatic nitrogens is 1. The van der Waals surface area contributed by atoms with E-state index in [-0.39, 0.29) is 16.9 Å². The molecule has 0 bridgehead atoms. The molecule has 0 saturated carbocycles. The molecular formula is C33H37N5O5. The highest BCUT2D eigenvalue weighted by atomic mass is 16.5. The average Bonchev–Trinajstić information content (AvgIpc) is 3.05. The van der Waals surface area contributed by atoms with Crippen molar-refractivity contribution in [2.75, 3.05) is 84.1 Å². The maximum Gasteiger partial charge on any atom is 0.256 e. The molecule has 2 fully saturated rings. The van der Waals surface area contributed by atoms with Crippen molar-refractivity contribution >= 4 is 33.3 Å². The molecule has 3 aliphatic rings. The van der Waals surface area contributed by atoms with Gasteiger partial charge in [-0.25, -0.2) is 0 Å². The smallest absolute Gasteiger partial charge is 0.256 e. The number of pyridine rings is 1. The average molecular weight is 584 g/mol. The van der Waals surface area contributed by atoms with Gasteiger partial charge in [0, 0.05) is 52.0 Å². The summed E-state index contributed by atoms with van der Waals surface area (Å²) < 4.78 is 19.4. The number of rotatable bonds is 9. The van der Waals surface area contributed by atoms with E-state index in [0.29, 0.717) is 48.7 Å². The van der Waals surface area contributed by atoms with Gasteiger partial charge in [-0.05, 0) is 48.0 Å². The number of benzene rings is 3. The third-order valence-electron chi connectivity index (χ3n) is 8.55. The van der Waals surface area contributed by atoms with Crippen molar-refractivity contribution in [3.8, 4) is 17.2 Å². The molecule has 0 radical (unpaired) electrons. The van der Waals surface area contributed by atoms with Gasteiger partial charge in [0.05, 0.1) is 43.2 Å². The SMILES string of the molecule is O=C(NCCN1CCOCC1)c1cn2c3c(c(NCCCN4CCOCC4)ccc3c1=O)Oc1cc3ccccc3cc1-2. The fraction of sp³-hybridized carbons (Fsp3) is 0.394. The Labute approximate surface area is 250 Å². The second-order valence-corrected chi connectivity index (χ2v) is 11.3. The fourth-order valence-electron chi connectivity index (χ4n) is 6.17. The Bertz CT molecular complexity index is 1710. The Morgan fingerprint density at radius 3 is 2.28 bits per heavy atom. The lowest BCUT2D eigenvalue weighted by molar-refractivity contribution is 0.0378. The van der Waals surface area contributed by atoms with Gasteiger partial charge in [-0.15, -0.1) is 0 Å². The van der Waals surface area contributed by atoms with E-state index in [9.17, 15) is 9.59 Å². The van der Waals surface area contributed by atoms with Crippen LogP contribution in [-0.2, 0) is 9.47 Å². The molecule has 43 heavy (non-hydrogen) atoms. The van der Waals surface area contributed by atoms with Crippen molar-refractivity contribution in [1.29, 1.82) is 0 Å². The molecule has 10 heteroatoms. The van der Waals surface area contributed by atoms with Gasteiger partial charge in [0.25, 0.3) is 5.91 Å². The summed E-state index contributed by atoms with van der Waals surface area (Å²) in [5.41, 5.74) is 2.10. The summed E-state index contributed by atoms with van der Waals surface area (Å²) >= 11 is 0. The van der Waals surface area contributed by atoms with Crippen LogP contribution >= 0.6 is 0 Å². The molecule has 3 aliphatic heterocycles. The molecule has 10 nitrogen and oxygen atoms in total. The molecule has 224 valence electrons. The Kier molecular flexibility index (Phi) is 7.99. The van der Waals surface area contributed by atoms with Crippen LogP contribution in [0.15, 0.2) is 59.5 Å². The molecule has 0 aliphatic carbocycles. The molecule has 4 aromatic rings. The zero-order chi connectivity index (χ0) is 29.2. The Morgan fingerprint density at radius 1 is 0.837 bits per heavy atom. The maximum atomic E-state index is 13.8. The molecule has 1 aromatic heterocycles. The van der Waals surface area contributed by atoms with Crippen LogP contribution in [0.25, 0.3) is 27.4 Å². The van der Waals surface area contributed by atoms with E-state index in [4.69, 9.17) is 14.2 Å². The molecular weight excluding hydrogens is 546 g/mol. The number of carbonyl (C=O) groups is 1. The van der Waals surface area contributed by atoms with Gasteiger partial charge in [-0.2, -0.15) is 0 Å².